The molecule has 238 valence electrons. The highest BCUT2D eigenvalue weighted by atomic mass is 32.2. The van der Waals surface area contributed by atoms with Gasteiger partial charge in [-0.2, -0.15) is 0 Å². The van der Waals surface area contributed by atoms with Crippen molar-refractivity contribution in [2.75, 3.05) is 0 Å². The fraction of sp³-hybridized carbons (Fsp3) is 0.0213. The van der Waals surface area contributed by atoms with Crippen LogP contribution in [-0.2, 0) is 5.41 Å². The summed E-state index contributed by atoms with van der Waals surface area (Å²) < 4.78 is 2.65. The molecule has 2 aromatic heterocycles. The topological polar surface area (TPSA) is 25.8 Å². The van der Waals surface area contributed by atoms with E-state index in [1.165, 1.54) is 63.3 Å². The second-order valence-electron chi connectivity index (χ2n) is 13.3. The van der Waals surface area contributed by atoms with Gasteiger partial charge in [0.2, 0.25) is 0 Å². The summed E-state index contributed by atoms with van der Waals surface area (Å²) in [7, 11) is 0. The molecule has 4 heteroatoms. The monoisotopic (exact) mass is 684 g/mol. The van der Waals surface area contributed by atoms with Gasteiger partial charge in [0.05, 0.1) is 16.8 Å². The Labute approximate surface area is 304 Å². The van der Waals surface area contributed by atoms with Crippen molar-refractivity contribution in [3.63, 3.8) is 0 Å². The van der Waals surface area contributed by atoms with Gasteiger partial charge in [0.1, 0.15) is 0 Å². The van der Waals surface area contributed by atoms with E-state index < -0.39 is 5.41 Å². The fourth-order valence-electron chi connectivity index (χ4n) is 8.40. The van der Waals surface area contributed by atoms with Crippen LogP contribution in [0.2, 0.25) is 0 Å². The summed E-state index contributed by atoms with van der Waals surface area (Å²) in [6.45, 7) is 0. The van der Waals surface area contributed by atoms with Crippen LogP contribution < -0.4 is 0 Å². The molecule has 1 spiro atoms. The Morgan fingerprint density at radius 3 is 1.94 bits per heavy atom. The van der Waals surface area contributed by atoms with Gasteiger partial charge in [-0.3, -0.25) is 0 Å². The molecule has 0 fully saturated rings. The molecule has 0 saturated heterocycles. The van der Waals surface area contributed by atoms with Crippen molar-refractivity contribution in [1.29, 1.82) is 0 Å². The van der Waals surface area contributed by atoms with E-state index in [0.717, 1.165) is 33.9 Å². The summed E-state index contributed by atoms with van der Waals surface area (Å²) in [5.41, 5.74) is 12.5. The lowest BCUT2D eigenvalue weighted by Gasteiger charge is -2.40. The van der Waals surface area contributed by atoms with Crippen LogP contribution in [0.25, 0.3) is 65.2 Å². The van der Waals surface area contributed by atoms with Crippen molar-refractivity contribution in [3.05, 3.63) is 192 Å². The molecule has 0 radical (unpaired) electrons. The van der Waals surface area contributed by atoms with Crippen LogP contribution >= 0.6 is 23.1 Å². The standard InChI is InChI=1S/C47H28N2S2/c1-3-14-29(15-4-1)40-28-41(49-46(48-40)30-16-5-2-6-17-30)33-20-13-23-38-45(33)51-43-25-12-10-22-37(43)47(38)36-21-9-7-18-31(36)34-26-35-32-19-8-11-24-42(32)50-44(35)27-39(34)47/h1-28H. The van der Waals surface area contributed by atoms with Gasteiger partial charge in [-0.15, -0.1) is 11.3 Å². The quantitative estimate of drug-likeness (QED) is 0.185. The van der Waals surface area contributed by atoms with Gasteiger partial charge in [0.25, 0.3) is 0 Å². The average molecular weight is 685 g/mol. The maximum Gasteiger partial charge on any atom is 0.160 e. The third kappa shape index (κ3) is 4.18. The summed E-state index contributed by atoms with van der Waals surface area (Å²) in [4.78, 5) is 12.9. The molecule has 0 amide bonds. The van der Waals surface area contributed by atoms with E-state index in [4.69, 9.17) is 9.97 Å². The molecule has 1 atom stereocenters. The van der Waals surface area contributed by atoms with Crippen molar-refractivity contribution in [3.8, 4) is 45.0 Å². The highest BCUT2D eigenvalue weighted by molar-refractivity contribution is 7.99. The summed E-state index contributed by atoms with van der Waals surface area (Å²) in [5.74, 6) is 0.726. The summed E-state index contributed by atoms with van der Waals surface area (Å²) in [6.07, 6.45) is 0. The SMILES string of the molecule is c1ccc(-c2cc(-c3cccc4c3Sc3ccccc3C43c4ccccc4-c4cc5c(cc43)sc3ccccc35)nc(-c3ccccc3)n2)cc1. The van der Waals surface area contributed by atoms with E-state index in [2.05, 4.69) is 164 Å². The van der Waals surface area contributed by atoms with E-state index in [-0.39, 0.29) is 0 Å². The number of benzene rings is 7. The summed E-state index contributed by atoms with van der Waals surface area (Å²) >= 11 is 3.76. The molecule has 11 rings (SSSR count). The molecule has 1 aliphatic heterocycles. The van der Waals surface area contributed by atoms with Gasteiger partial charge in [0.15, 0.2) is 5.82 Å². The lowest BCUT2D eigenvalue weighted by molar-refractivity contribution is 0.724. The van der Waals surface area contributed by atoms with Gasteiger partial charge in [-0.1, -0.05) is 151 Å². The van der Waals surface area contributed by atoms with Gasteiger partial charge in [-0.25, -0.2) is 9.97 Å². The Hall–Kier alpha value is -5.81. The van der Waals surface area contributed by atoms with Crippen LogP contribution in [0.1, 0.15) is 22.3 Å². The van der Waals surface area contributed by atoms with Crippen molar-refractivity contribution in [2.45, 2.75) is 15.2 Å². The lowest BCUT2D eigenvalue weighted by Crippen LogP contribution is -2.32. The Morgan fingerprint density at radius 1 is 0.412 bits per heavy atom. The fourth-order valence-corrected chi connectivity index (χ4v) is 10.8. The molecule has 9 aromatic rings. The number of hydrogen-bond donors (Lipinski definition) is 0. The zero-order valence-corrected chi connectivity index (χ0v) is 29.0. The lowest BCUT2D eigenvalue weighted by atomic mass is 9.67. The van der Waals surface area contributed by atoms with E-state index in [1.54, 1.807) is 0 Å². The van der Waals surface area contributed by atoms with E-state index in [0.29, 0.717) is 0 Å². The van der Waals surface area contributed by atoms with Crippen molar-refractivity contribution in [1.82, 2.24) is 9.97 Å². The zero-order chi connectivity index (χ0) is 33.5. The van der Waals surface area contributed by atoms with Crippen LogP contribution in [-0.4, -0.2) is 9.97 Å². The number of fused-ring (bicyclic) bond motifs is 12. The number of rotatable bonds is 3. The minimum atomic E-state index is -0.485. The van der Waals surface area contributed by atoms with Gasteiger partial charge >= 0.3 is 0 Å². The number of thiophene rings is 1. The normalized spacial score (nSPS) is 15.5. The van der Waals surface area contributed by atoms with Crippen molar-refractivity contribution >= 4 is 43.3 Å². The van der Waals surface area contributed by atoms with Crippen molar-refractivity contribution in [2.24, 2.45) is 0 Å². The largest absolute Gasteiger partial charge is 0.228 e. The molecule has 1 aliphatic carbocycles. The molecule has 0 saturated carbocycles. The molecule has 3 heterocycles. The summed E-state index contributed by atoms with van der Waals surface area (Å²) in [5, 5.41) is 2.66. The predicted octanol–water partition coefficient (Wildman–Crippen LogP) is 12.7. The van der Waals surface area contributed by atoms with E-state index in [9.17, 15) is 0 Å². The molecule has 1 unspecified atom stereocenters. The molecule has 2 aliphatic rings. The summed E-state index contributed by atoms with van der Waals surface area (Å²) in [6, 6.07) is 61.7. The Balaban J connectivity index is 1.22. The number of hydrogen-bond acceptors (Lipinski definition) is 4. The molecule has 7 aromatic carbocycles. The van der Waals surface area contributed by atoms with E-state index >= 15 is 0 Å². The first-order valence-electron chi connectivity index (χ1n) is 17.2. The number of nitrogens with zero attached hydrogens (tertiary/aromatic N) is 2. The second-order valence-corrected chi connectivity index (χ2v) is 15.4. The third-order valence-electron chi connectivity index (χ3n) is 10.6. The highest BCUT2D eigenvalue weighted by Gasteiger charge is 2.51. The second kappa shape index (κ2) is 11.1. The first kappa shape index (κ1) is 29.0. The highest BCUT2D eigenvalue weighted by Crippen LogP contribution is 2.64. The molecule has 0 N–H and O–H groups in total. The van der Waals surface area contributed by atoms with Crippen LogP contribution in [0.4, 0.5) is 0 Å². The smallest absolute Gasteiger partial charge is 0.160 e. The Bertz CT molecular complexity index is 2780. The van der Waals surface area contributed by atoms with Crippen LogP contribution in [0.3, 0.4) is 0 Å². The van der Waals surface area contributed by atoms with Gasteiger partial charge in [0, 0.05) is 46.7 Å². The minimum Gasteiger partial charge on any atom is -0.228 e. The van der Waals surface area contributed by atoms with Gasteiger partial charge in [-0.05, 0) is 63.7 Å². The number of aromatic nitrogens is 2. The Kier molecular flexibility index (Phi) is 6.30. The van der Waals surface area contributed by atoms with Gasteiger partial charge < -0.3 is 0 Å². The zero-order valence-electron chi connectivity index (χ0n) is 27.4. The molecular formula is C47H28N2S2. The average Bonchev–Trinajstić information content (AvgIpc) is 3.70. The first-order chi connectivity index (χ1) is 25.3. The maximum absolute atomic E-state index is 5.31. The molecule has 51 heavy (non-hydrogen) atoms. The predicted molar refractivity (Wildman–Crippen MR) is 213 cm³/mol. The molecular weight excluding hydrogens is 657 g/mol. The minimum absolute atomic E-state index is 0.485. The van der Waals surface area contributed by atoms with Crippen molar-refractivity contribution < 1.29 is 0 Å². The van der Waals surface area contributed by atoms with E-state index in [1.807, 2.05) is 29.2 Å². The van der Waals surface area contributed by atoms with Crippen LogP contribution in [0.5, 0.6) is 0 Å². The van der Waals surface area contributed by atoms with Crippen LogP contribution in [0.15, 0.2) is 180 Å². The molecule has 0 bridgehead atoms. The van der Waals surface area contributed by atoms with Crippen LogP contribution in [0, 0.1) is 0 Å². The maximum atomic E-state index is 5.31. The third-order valence-corrected chi connectivity index (χ3v) is 12.9. The molecule has 2 nitrogen and oxygen atoms in total. The Morgan fingerprint density at radius 2 is 1.08 bits per heavy atom. The first-order valence-corrected chi connectivity index (χ1v) is 18.9.